The molecule has 0 unspecified atom stereocenters. The molecule has 11 heavy (non-hydrogen) atoms. The van der Waals surface area contributed by atoms with Gasteiger partial charge in [0.25, 0.3) is 0 Å². The van der Waals surface area contributed by atoms with Gasteiger partial charge in [0, 0.05) is 0 Å². The Morgan fingerprint density at radius 3 is 1.36 bits per heavy atom. The summed E-state index contributed by atoms with van der Waals surface area (Å²) < 4.78 is 29.7. The maximum absolute atomic E-state index is 9.33. The highest BCUT2D eigenvalue weighted by Crippen LogP contribution is 1.81. The van der Waals surface area contributed by atoms with E-state index in [4.69, 9.17) is 4.55 Å². The van der Waals surface area contributed by atoms with Crippen LogP contribution < -0.4 is 6.15 Å². The molecule has 0 aliphatic heterocycles. The average Bonchev–Trinajstić information content (AvgIpc) is 1.63. The molecule has 0 aromatic heterocycles. The van der Waals surface area contributed by atoms with Crippen LogP contribution in [-0.2, 0) is 14.6 Å². The number of rotatable bonds is 1. The van der Waals surface area contributed by atoms with Crippen molar-refractivity contribution in [2.45, 2.75) is 20.8 Å². The van der Waals surface area contributed by atoms with E-state index in [1.165, 1.54) is 0 Å². The lowest BCUT2D eigenvalue weighted by molar-refractivity contribution is 0.324. The highest BCUT2D eigenvalue weighted by atomic mass is 32.3. The number of hydrogen-bond acceptors (Lipinski definition) is 4. The first-order valence-electron chi connectivity index (χ1n) is 2.82. The largest absolute Gasteiger partial charge is 0.397 e. The summed E-state index contributed by atoms with van der Waals surface area (Å²) in [7, 11) is -3.29. The third-order valence-corrected chi connectivity index (χ3v) is 0.632. The Balaban J connectivity index is -0.000000114. The second-order valence-corrected chi connectivity index (χ2v) is 3.52. The van der Waals surface area contributed by atoms with Crippen molar-refractivity contribution in [3.63, 3.8) is 0 Å². The Morgan fingerprint density at radius 2 is 1.36 bits per heavy atom. The maximum atomic E-state index is 9.33. The molecule has 0 aromatic rings. The Hall–Kier alpha value is -0.170. The summed E-state index contributed by atoms with van der Waals surface area (Å²) in [4.78, 5) is 0. The normalized spacial score (nSPS) is 9.64. The van der Waals surface area contributed by atoms with E-state index >= 15 is 0 Å². The number of hydrogen-bond donors (Lipinski definition) is 2. The van der Waals surface area contributed by atoms with Crippen LogP contribution in [0.4, 0.5) is 0 Å². The molecule has 0 rings (SSSR count). The lowest BCUT2D eigenvalue weighted by atomic mass is 10.3. The van der Waals surface area contributed by atoms with E-state index < -0.39 is 10.4 Å². The minimum Gasteiger partial charge on any atom is -0.344 e. The van der Waals surface area contributed by atoms with Crippen molar-refractivity contribution in [3.8, 4) is 0 Å². The molecular formula is C5H17NO4S. The van der Waals surface area contributed by atoms with E-state index in [2.05, 4.69) is 25.0 Å². The van der Waals surface area contributed by atoms with E-state index in [1.54, 1.807) is 0 Å². The van der Waals surface area contributed by atoms with Crippen molar-refractivity contribution < 1.29 is 17.2 Å². The van der Waals surface area contributed by atoms with Gasteiger partial charge in [-0.05, 0) is 5.92 Å². The molecule has 0 amide bonds. The smallest absolute Gasteiger partial charge is 0.344 e. The van der Waals surface area contributed by atoms with Crippen molar-refractivity contribution in [2.24, 2.45) is 5.92 Å². The van der Waals surface area contributed by atoms with Gasteiger partial charge in [-0.2, -0.15) is 8.42 Å². The van der Waals surface area contributed by atoms with Gasteiger partial charge in [-0.15, -0.1) is 0 Å². The zero-order chi connectivity index (χ0) is 8.78. The first kappa shape index (κ1) is 17.1. The van der Waals surface area contributed by atoms with E-state index in [-0.39, 0.29) is 6.15 Å². The third-order valence-electron chi connectivity index (χ3n) is 0.211. The molecule has 5 nitrogen and oxygen atoms in total. The van der Waals surface area contributed by atoms with E-state index in [0.717, 1.165) is 13.0 Å². The van der Waals surface area contributed by atoms with Crippen LogP contribution in [0.2, 0.25) is 0 Å². The lowest BCUT2D eigenvalue weighted by Gasteiger charge is -1.82. The zero-order valence-electron chi connectivity index (χ0n) is 7.36. The lowest BCUT2D eigenvalue weighted by Crippen LogP contribution is -1.96. The van der Waals surface area contributed by atoms with Crippen LogP contribution in [0.1, 0.15) is 20.8 Å². The molecule has 0 fully saturated rings. The molecule has 0 heterocycles. The fourth-order valence-electron chi connectivity index (χ4n) is 0. The Bertz CT molecular complexity index is 149. The zero-order valence-corrected chi connectivity index (χ0v) is 8.18. The first-order chi connectivity index (χ1) is 4.29. The third kappa shape index (κ3) is 75.2. The predicted molar refractivity (Wildman–Crippen MR) is 44.1 cm³/mol. The Morgan fingerprint density at radius 1 is 1.27 bits per heavy atom. The quantitative estimate of drug-likeness (QED) is 0.602. The van der Waals surface area contributed by atoms with Gasteiger partial charge in [0.15, 0.2) is 0 Å². The molecule has 0 radical (unpaired) electrons. The predicted octanol–water partition coefficient (Wildman–Crippen LogP) is 1.26. The van der Waals surface area contributed by atoms with Gasteiger partial charge in [-0.25, -0.2) is 0 Å². The Kier molecular flexibility index (Phi) is 12.3. The molecule has 72 valence electrons. The molecule has 0 saturated heterocycles. The molecule has 0 saturated carbocycles. The average molecular weight is 187 g/mol. The summed E-state index contributed by atoms with van der Waals surface area (Å²) in [6.45, 7) is 6.50. The molecule has 0 atom stereocenters. The maximum Gasteiger partial charge on any atom is 0.397 e. The second-order valence-electron chi connectivity index (χ2n) is 2.33. The molecular weight excluding hydrogens is 170 g/mol. The SMILES string of the molecule is CC(C)C.COS(=O)(=O)O.N. The van der Waals surface area contributed by atoms with Gasteiger partial charge < -0.3 is 6.15 Å². The first-order valence-corrected chi connectivity index (χ1v) is 4.19. The van der Waals surface area contributed by atoms with Gasteiger partial charge in [0.1, 0.15) is 0 Å². The summed E-state index contributed by atoms with van der Waals surface area (Å²) >= 11 is 0. The molecule has 0 spiro atoms. The van der Waals surface area contributed by atoms with Crippen LogP contribution in [0.25, 0.3) is 0 Å². The minimum atomic E-state index is -4.16. The molecule has 6 heteroatoms. The van der Waals surface area contributed by atoms with E-state index in [0.29, 0.717) is 0 Å². The molecule has 4 N–H and O–H groups in total. The van der Waals surface area contributed by atoms with Gasteiger partial charge in [0.05, 0.1) is 7.11 Å². The highest BCUT2D eigenvalue weighted by Gasteiger charge is 1.93. The monoisotopic (exact) mass is 187 g/mol. The summed E-state index contributed by atoms with van der Waals surface area (Å²) in [6.07, 6.45) is 0. The van der Waals surface area contributed by atoms with Crippen LogP contribution >= 0.6 is 0 Å². The fourth-order valence-corrected chi connectivity index (χ4v) is 0. The standard InChI is InChI=1S/C4H10.CH4O4S.H3N/c1-4(2)3;1-5-6(2,3)4;/h4H,1-3H3;1H3,(H,2,3,4);1H3. The van der Waals surface area contributed by atoms with Gasteiger partial charge in [-0.1, -0.05) is 20.8 Å². The fraction of sp³-hybridized carbons (Fsp3) is 1.00. The highest BCUT2D eigenvalue weighted by molar-refractivity contribution is 7.80. The van der Waals surface area contributed by atoms with Gasteiger partial charge in [0.2, 0.25) is 0 Å². The molecule has 0 bridgehead atoms. The van der Waals surface area contributed by atoms with Crippen LogP contribution in [0.3, 0.4) is 0 Å². The topological polar surface area (TPSA) is 98.6 Å². The van der Waals surface area contributed by atoms with E-state index in [9.17, 15) is 8.42 Å². The van der Waals surface area contributed by atoms with Crippen molar-refractivity contribution in [2.75, 3.05) is 7.11 Å². The summed E-state index contributed by atoms with van der Waals surface area (Å²) in [6, 6.07) is 0. The molecule has 0 aromatic carbocycles. The van der Waals surface area contributed by atoms with Crippen LogP contribution in [0, 0.1) is 5.92 Å². The summed E-state index contributed by atoms with van der Waals surface area (Å²) in [5.41, 5.74) is 0. The van der Waals surface area contributed by atoms with Crippen LogP contribution in [0.15, 0.2) is 0 Å². The second kappa shape index (κ2) is 7.93. The van der Waals surface area contributed by atoms with E-state index in [1.807, 2.05) is 0 Å². The summed E-state index contributed by atoms with van der Waals surface area (Å²) in [5, 5.41) is 0. The van der Waals surface area contributed by atoms with Crippen molar-refractivity contribution >= 4 is 10.4 Å². The van der Waals surface area contributed by atoms with Crippen molar-refractivity contribution in [1.29, 1.82) is 0 Å². The van der Waals surface area contributed by atoms with Gasteiger partial charge in [-0.3, -0.25) is 8.74 Å². The van der Waals surface area contributed by atoms with Crippen molar-refractivity contribution in [3.05, 3.63) is 0 Å². The molecule has 0 aliphatic rings. The summed E-state index contributed by atoms with van der Waals surface area (Å²) in [5.74, 6) is 0.833. The van der Waals surface area contributed by atoms with Crippen LogP contribution in [0.5, 0.6) is 0 Å². The Labute approximate surface area is 68.3 Å². The molecule has 0 aliphatic carbocycles. The van der Waals surface area contributed by atoms with Gasteiger partial charge >= 0.3 is 10.4 Å². The van der Waals surface area contributed by atoms with Crippen LogP contribution in [-0.4, -0.2) is 20.1 Å². The van der Waals surface area contributed by atoms with Crippen molar-refractivity contribution in [1.82, 2.24) is 6.15 Å². The minimum absolute atomic E-state index is 0.